The monoisotopic (exact) mass is 369 g/mol. The van der Waals surface area contributed by atoms with Crippen molar-refractivity contribution in [1.29, 1.82) is 0 Å². The number of hydrogen-bond donors (Lipinski definition) is 1. The molecule has 0 unspecified atom stereocenters. The Hall–Kier alpha value is -2.79. The van der Waals surface area contributed by atoms with Crippen molar-refractivity contribution in [3.63, 3.8) is 0 Å². The average molecular weight is 370 g/mol. The van der Waals surface area contributed by atoms with Crippen LogP contribution in [0.2, 0.25) is 5.02 Å². The first-order chi connectivity index (χ1) is 12.6. The first-order valence-electron chi connectivity index (χ1n) is 8.35. The van der Waals surface area contributed by atoms with E-state index in [1.165, 1.54) is 7.11 Å². The Morgan fingerprint density at radius 3 is 2.65 bits per heavy atom. The Morgan fingerprint density at radius 2 is 1.96 bits per heavy atom. The maximum Gasteiger partial charge on any atom is 0.316 e. The van der Waals surface area contributed by atoms with Crippen molar-refractivity contribution in [2.24, 2.45) is 0 Å². The molecule has 0 saturated carbocycles. The van der Waals surface area contributed by atoms with Crippen molar-refractivity contribution in [1.82, 2.24) is 9.55 Å². The number of benzene rings is 2. The average Bonchev–Trinajstić information content (AvgIpc) is 2.65. The van der Waals surface area contributed by atoms with E-state index in [4.69, 9.17) is 16.3 Å². The molecule has 0 aliphatic rings. The molecule has 0 aliphatic carbocycles. The summed E-state index contributed by atoms with van der Waals surface area (Å²) in [5.41, 5.74) is 2.59. The second-order valence-corrected chi connectivity index (χ2v) is 6.27. The second kappa shape index (κ2) is 8.06. The van der Waals surface area contributed by atoms with E-state index in [1.807, 2.05) is 53.1 Å². The van der Waals surface area contributed by atoms with Gasteiger partial charge in [0.1, 0.15) is 0 Å². The lowest BCUT2D eigenvalue weighted by Crippen LogP contribution is -2.19. The minimum atomic E-state index is -0.417. The molecule has 1 N–H and O–H groups in total. The molecule has 0 spiro atoms. The van der Waals surface area contributed by atoms with Gasteiger partial charge in [-0.25, -0.2) is 0 Å². The molecule has 1 aromatic heterocycles. The maximum absolute atomic E-state index is 12.2. The zero-order valence-corrected chi connectivity index (χ0v) is 15.5. The van der Waals surface area contributed by atoms with Gasteiger partial charge in [-0.3, -0.25) is 4.79 Å². The molecule has 0 radical (unpaired) electrons. The number of nitrogens with one attached hydrogen (secondary N) is 1. The highest BCUT2D eigenvalue weighted by Crippen LogP contribution is 2.25. The molecule has 26 heavy (non-hydrogen) atoms. The fourth-order valence-corrected chi connectivity index (χ4v) is 2.88. The fraction of sp³-hybridized carbons (Fsp3) is 0.200. The first kappa shape index (κ1) is 18.0. The van der Waals surface area contributed by atoms with Crippen LogP contribution in [-0.4, -0.2) is 16.7 Å². The minimum absolute atomic E-state index is 0.202. The second-order valence-electron chi connectivity index (χ2n) is 5.83. The highest BCUT2D eigenvalue weighted by Gasteiger charge is 2.12. The lowest BCUT2D eigenvalue weighted by atomic mass is 10.1. The van der Waals surface area contributed by atoms with Crippen LogP contribution in [0.4, 0.5) is 11.6 Å². The van der Waals surface area contributed by atoms with E-state index in [0.29, 0.717) is 17.5 Å². The first-order valence-corrected chi connectivity index (χ1v) is 8.73. The van der Waals surface area contributed by atoms with Crippen LogP contribution in [-0.2, 0) is 13.0 Å². The molecule has 0 amide bonds. The van der Waals surface area contributed by atoms with Gasteiger partial charge in [0, 0.05) is 10.7 Å². The molecule has 0 fully saturated rings. The number of methoxy groups -OCH3 is 1. The number of hydrogen-bond acceptors (Lipinski definition) is 4. The van der Waals surface area contributed by atoms with Crippen LogP contribution in [0.3, 0.4) is 0 Å². The van der Waals surface area contributed by atoms with Crippen LogP contribution >= 0.6 is 11.6 Å². The Labute approximate surface area is 157 Å². The summed E-state index contributed by atoms with van der Waals surface area (Å²) in [4.78, 5) is 16.3. The van der Waals surface area contributed by atoms with Crippen LogP contribution < -0.4 is 15.6 Å². The summed E-state index contributed by atoms with van der Waals surface area (Å²) in [5.74, 6) is 0.643. The third-order valence-corrected chi connectivity index (χ3v) is 4.31. The van der Waals surface area contributed by atoms with Gasteiger partial charge in [-0.1, -0.05) is 54.9 Å². The van der Waals surface area contributed by atoms with Crippen molar-refractivity contribution < 1.29 is 4.74 Å². The highest BCUT2D eigenvalue weighted by atomic mass is 35.5. The summed E-state index contributed by atoms with van der Waals surface area (Å²) in [6.45, 7) is 2.61. The molecule has 3 aromatic rings. The molecule has 2 aromatic carbocycles. The van der Waals surface area contributed by atoms with Crippen LogP contribution in [0.25, 0.3) is 0 Å². The van der Waals surface area contributed by atoms with E-state index in [2.05, 4.69) is 17.2 Å². The summed E-state index contributed by atoms with van der Waals surface area (Å²) in [7, 11) is 1.46. The summed E-state index contributed by atoms with van der Waals surface area (Å²) in [6.07, 6.45) is 2.50. The summed E-state index contributed by atoms with van der Waals surface area (Å²) in [5, 5.41) is 3.88. The molecule has 134 valence electrons. The van der Waals surface area contributed by atoms with Crippen LogP contribution in [0, 0.1) is 0 Å². The normalized spacial score (nSPS) is 10.6. The standard InChI is InChI=1S/C20H20ClN3O2/c1-3-15-9-10-16(21)11-17(15)22-20-23-19(25)18(26-2)13-24(20)12-14-7-5-4-6-8-14/h4-11,13H,3,12H2,1-2H3,(H,22,23,25). The number of aryl methyl sites for hydroxylation is 1. The Morgan fingerprint density at radius 1 is 1.19 bits per heavy atom. The quantitative estimate of drug-likeness (QED) is 0.705. The molecule has 3 rings (SSSR count). The van der Waals surface area contributed by atoms with Crippen LogP contribution in [0.5, 0.6) is 5.75 Å². The highest BCUT2D eigenvalue weighted by molar-refractivity contribution is 6.30. The Kier molecular flexibility index (Phi) is 5.58. The van der Waals surface area contributed by atoms with E-state index in [-0.39, 0.29) is 5.75 Å². The third-order valence-electron chi connectivity index (χ3n) is 4.08. The molecule has 6 heteroatoms. The van der Waals surface area contributed by atoms with Gasteiger partial charge in [0.2, 0.25) is 11.7 Å². The van der Waals surface area contributed by atoms with Gasteiger partial charge in [0.15, 0.2) is 0 Å². The smallest absolute Gasteiger partial charge is 0.316 e. The van der Waals surface area contributed by atoms with Gasteiger partial charge in [0.25, 0.3) is 0 Å². The number of halogens is 1. The van der Waals surface area contributed by atoms with Gasteiger partial charge in [-0.15, -0.1) is 0 Å². The molecular weight excluding hydrogens is 350 g/mol. The van der Waals surface area contributed by atoms with Crippen LogP contribution in [0.15, 0.2) is 59.5 Å². The molecule has 0 bridgehead atoms. The van der Waals surface area contributed by atoms with Gasteiger partial charge in [-0.05, 0) is 29.7 Å². The summed E-state index contributed by atoms with van der Waals surface area (Å²) < 4.78 is 7.00. The number of ether oxygens (including phenoxy) is 1. The predicted molar refractivity (Wildman–Crippen MR) is 105 cm³/mol. The number of rotatable bonds is 6. The number of nitrogens with zero attached hydrogens (tertiary/aromatic N) is 2. The van der Waals surface area contributed by atoms with Crippen LogP contribution in [0.1, 0.15) is 18.1 Å². The molecule has 0 atom stereocenters. The lowest BCUT2D eigenvalue weighted by Gasteiger charge is -2.17. The molecule has 0 saturated heterocycles. The predicted octanol–water partition coefficient (Wildman–Crippen LogP) is 4.26. The number of anilines is 2. The molecule has 5 nitrogen and oxygen atoms in total. The maximum atomic E-state index is 12.2. The summed E-state index contributed by atoms with van der Waals surface area (Å²) >= 11 is 6.14. The molecular formula is C20H20ClN3O2. The molecule has 0 aliphatic heterocycles. The topological polar surface area (TPSA) is 56.1 Å². The molecule has 1 heterocycles. The van der Waals surface area contributed by atoms with Crippen molar-refractivity contribution in [2.75, 3.05) is 12.4 Å². The van der Waals surface area contributed by atoms with Crippen molar-refractivity contribution >= 4 is 23.2 Å². The SMILES string of the molecule is CCc1ccc(Cl)cc1Nc1nc(=O)c(OC)cn1Cc1ccccc1. The van der Waals surface area contributed by atoms with E-state index < -0.39 is 5.56 Å². The van der Waals surface area contributed by atoms with Crippen molar-refractivity contribution in [2.45, 2.75) is 19.9 Å². The van der Waals surface area contributed by atoms with Crippen molar-refractivity contribution in [3.05, 3.63) is 81.2 Å². The number of aromatic nitrogens is 2. The zero-order valence-electron chi connectivity index (χ0n) is 14.7. The van der Waals surface area contributed by atoms with Gasteiger partial charge < -0.3 is 14.6 Å². The van der Waals surface area contributed by atoms with Crippen molar-refractivity contribution in [3.8, 4) is 5.75 Å². The zero-order chi connectivity index (χ0) is 18.5. The van der Waals surface area contributed by atoms with Gasteiger partial charge >= 0.3 is 5.56 Å². The van der Waals surface area contributed by atoms with E-state index >= 15 is 0 Å². The Balaban J connectivity index is 2.04. The van der Waals surface area contributed by atoms with Gasteiger partial charge in [-0.2, -0.15) is 4.98 Å². The fourth-order valence-electron chi connectivity index (χ4n) is 2.71. The van der Waals surface area contributed by atoms with Gasteiger partial charge in [0.05, 0.1) is 19.9 Å². The lowest BCUT2D eigenvalue weighted by molar-refractivity contribution is 0.402. The van der Waals surface area contributed by atoms with E-state index in [1.54, 1.807) is 6.20 Å². The van der Waals surface area contributed by atoms with E-state index in [9.17, 15) is 4.79 Å². The minimum Gasteiger partial charge on any atom is -0.490 e. The third kappa shape index (κ3) is 4.06. The largest absolute Gasteiger partial charge is 0.490 e. The van der Waals surface area contributed by atoms with E-state index in [0.717, 1.165) is 23.2 Å². The summed E-state index contributed by atoms with van der Waals surface area (Å²) in [6, 6.07) is 15.6. The Bertz CT molecular complexity index is 955.